The largest absolute Gasteiger partial charge is 0.486 e. The zero-order chi connectivity index (χ0) is 26.7. The third-order valence-electron chi connectivity index (χ3n) is 5.22. The molecule has 0 aromatic heterocycles. The Morgan fingerprint density at radius 3 is 2.38 bits per heavy atom. The van der Waals surface area contributed by atoms with Gasteiger partial charge >= 0.3 is 0 Å². The molecule has 0 bridgehead atoms. The molecule has 0 aliphatic carbocycles. The van der Waals surface area contributed by atoms with Crippen molar-refractivity contribution in [1.82, 2.24) is 4.90 Å². The first kappa shape index (κ1) is 27.7. The van der Waals surface area contributed by atoms with Crippen LogP contribution in [0.2, 0.25) is 10.0 Å². The summed E-state index contributed by atoms with van der Waals surface area (Å²) in [5.41, 5.74) is 3.07. The van der Waals surface area contributed by atoms with E-state index in [2.05, 4.69) is 37.2 Å². The van der Waals surface area contributed by atoms with Crippen molar-refractivity contribution < 1.29 is 19.1 Å². The second-order valence-corrected chi connectivity index (χ2v) is 11.6. The molecular weight excluding hydrogens is 667 g/mol. The number of ether oxygens (including phenoxy) is 1. The molecule has 1 fully saturated rings. The Hall–Kier alpha value is -2.30. The number of carbonyl (C=O) groups is 3. The molecule has 6 nitrogen and oxygen atoms in total. The zero-order valence-electron chi connectivity index (χ0n) is 19.2. The second-order valence-electron chi connectivity index (χ2n) is 8.02. The molecule has 0 atom stereocenters. The number of rotatable bonds is 7. The molecule has 0 radical (unpaired) electrons. The Morgan fingerprint density at radius 2 is 1.73 bits per heavy atom. The molecule has 1 N–H and O–H groups in total. The van der Waals surface area contributed by atoms with Gasteiger partial charge < -0.3 is 10.1 Å². The van der Waals surface area contributed by atoms with Gasteiger partial charge in [-0.3, -0.25) is 19.3 Å². The molecule has 37 heavy (non-hydrogen) atoms. The van der Waals surface area contributed by atoms with Crippen LogP contribution in [0, 0.1) is 6.92 Å². The van der Waals surface area contributed by atoms with Gasteiger partial charge in [0.25, 0.3) is 11.1 Å². The van der Waals surface area contributed by atoms with Gasteiger partial charge in [-0.25, -0.2) is 0 Å². The summed E-state index contributed by atoms with van der Waals surface area (Å²) >= 11 is 20.0. The van der Waals surface area contributed by atoms with Gasteiger partial charge in [0.05, 0.1) is 13.9 Å². The molecule has 0 unspecified atom stereocenters. The van der Waals surface area contributed by atoms with E-state index in [4.69, 9.17) is 27.9 Å². The van der Waals surface area contributed by atoms with Crippen LogP contribution >= 0.6 is 66.8 Å². The number of nitrogens with one attached hydrogen (secondary N) is 1. The van der Waals surface area contributed by atoms with Gasteiger partial charge in [-0.1, -0.05) is 47.0 Å². The number of imide groups is 1. The van der Waals surface area contributed by atoms with Crippen molar-refractivity contribution in [3.63, 3.8) is 0 Å². The van der Waals surface area contributed by atoms with E-state index >= 15 is 0 Å². The second kappa shape index (κ2) is 12.0. The van der Waals surface area contributed by atoms with Crippen molar-refractivity contribution in [3.8, 4) is 5.75 Å². The summed E-state index contributed by atoms with van der Waals surface area (Å²) in [4.78, 5) is 38.9. The lowest BCUT2D eigenvalue weighted by Gasteiger charge is -2.13. The van der Waals surface area contributed by atoms with Crippen LogP contribution in [0.3, 0.4) is 0 Å². The maximum Gasteiger partial charge on any atom is 0.294 e. The van der Waals surface area contributed by atoms with Gasteiger partial charge in [-0.2, -0.15) is 0 Å². The first-order valence-corrected chi connectivity index (χ1v) is 13.9. The number of anilines is 1. The first-order valence-electron chi connectivity index (χ1n) is 10.8. The molecule has 190 valence electrons. The van der Waals surface area contributed by atoms with Crippen molar-refractivity contribution in [3.05, 3.63) is 95.2 Å². The lowest BCUT2D eigenvalue weighted by atomic mass is 10.2. The Labute approximate surface area is 244 Å². The van der Waals surface area contributed by atoms with Gasteiger partial charge in [0.2, 0.25) is 5.91 Å². The Kier molecular flexibility index (Phi) is 9.03. The number of benzene rings is 3. The highest BCUT2D eigenvalue weighted by atomic mass is 79.9. The van der Waals surface area contributed by atoms with Gasteiger partial charge in [0.1, 0.15) is 18.9 Å². The lowest BCUT2D eigenvalue weighted by molar-refractivity contribution is -0.127. The predicted molar refractivity (Wildman–Crippen MR) is 155 cm³/mol. The molecule has 1 aliphatic heterocycles. The smallest absolute Gasteiger partial charge is 0.294 e. The SMILES string of the molecule is Cc1ccc(NC(=O)CN2C(=O)S/C(=C/c3cc(Br)c(OCc4ccc(Cl)cc4Cl)c(Br)c3)C2=O)cc1. The summed E-state index contributed by atoms with van der Waals surface area (Å²) < 4.78 is 7.20. The predicted octanol–water partition coefficient (Wildman–Crippen LogP) is 8.08. The number of aryl methyl sites for hydroxylation is 1. The van der Waals surface area contributed by atoms with E-state index in [-0.39, 0.29) is 18.1 Å². The van der Waals surface area contributed by atoms with Crippen LogP contribution in [-0.4, -0.2) is 28.5 Å². The minimum absolute atomic E-state index is 0.216. The Morgan fingerprint density at radius 1 is 1.05 bits per heavy atom. The molecule has 3 aromatic rings. The van der Waals surface area contributed by atoms with E-state index in [1.54, 1.807) is 48.5 Å². The summed E-state index contributed by atoms with van der Waals surface area (Å²) in [6, 6.07) is 15.9. The van der Waals surface area contributed by atoms with Crippen LogP contribution < -0.4 is 10.1 Å². The summed E-state index contributed by atoms with van der Waals surface area (Å²) in [5.74, 6) is -0.441. The highest BCUT2D eigenvalue weighted by Gasteiger charge is 2.36. The number of nitrogens with zero attached hydrogens (tertiary/aromatic N) is 1. The van der Waals surface area contributed by atoms with Gasteiger partial charge in [0, 0.05) is 21.3 Å². The standard InChI is InChI=1S/C26H18Br2Cl2N2O4S/c1-14-2-6-18(7-3-14)31-23(33)12-32-25(34)22(37-26(32)35)10-15-8-19(27)24(20(28)9-15)36-13-16-4-5-17(29)11-21(16)30/h2-11H,12-13H2,1H3,(H,31,33)/b22-10+. The third kappa shape index (κ3) is 6.97. The number of amides is 3. The van der Waals surface area contributed by atoms with Crippen molar-refractivity contribution in [2.75, 3.05) is 11.9 Å². The van der Waals surface area contributed by atoms with E-state index in [1.165, 1.54) is 0 Å². The Balaban J connectivity index is 1.44. The minimum Gasteiger partial charge on any atom is -0.486 e. The normalized spacial score (nSPS) is 14.4. The quantitative estimate of drug-likeness (QED) is 0.255. The minimum atomic E-state index is -0.529. The van der Waals surface area contributed by atoms with Gasteiger partial charge in [0.15, 0.2) is 0 Å². The molecular formula is C26H18Br2Cl2N2O4S. The molecule has 11 heteroatoms. The monoisotopic (exact) mass is 682 g/mol. The summed E-state index contributed by atoms with van der Waals surface area (Å²) in [7, 11) is 0. The van der Waals surface area contributed by atoms with Crippen molar-refractivity contribution in [2.24, 2.45) is 0 Å². The van der Waals surface area contributed by atoms with Gasteiger partial charge in [-0.15, -0.1) is 0 Å². The van der Waals surface area contributed by atoms with Crippen LogP contribution in [0.15, 0.2) is 68.4 Å². The fourth-order valence-electron chi connectivity index (χ4n) is 3.36. The highest BCUT2D eigenvalue weighted by Crippen LogP contribution is 2.38. The first-order chi connectivity index (χ1) is 17.6. The van der Waals surface area contributed by atoms with Crippen LogP contribution in [-0.2, 0) is 16.2 Å². The average molecular weight is 685 g/mol. The highest BCUT2D eigenvalue weighted by molar-refractivity contribution is 9.11. The van der Waals surface area contributed by atoms with Crippen LogP contribution in [0.1, 0.15) is 16.7 Å². The van der Waals surface area contributed by atoms with E-state index in [9.17, 15) is 14.4 Å². The summed E-state index contributed by atoms with van der Waals surface area (Å²) in [6.45, 7) is 1.78. The summed E-state index contributed by atoms with van der Waals surface area (Å²) in [5, 5.41) is 3.23. The molecule has 4 rings (SSSR count). The van der Waals surface area contributed by atoms with Crippen LogP contribution in [0.4, 0.5) is 10.5 Å². The summed E-state index contributed by atoms with van der Waals surface area (Å²) in [6.07, 6.45) is 1.60. The van der Waals surface area contributed by atoms with Crippen molar-refractivity contribution >= 4 is 95.6 Å². The maximum atomic E-state index is 12.9. The molecule has 3 aromatic carbocycles. The zero-order valence-corrected chi connectivity index (χ0v) is 24.7. The third-order valence-corrected chi connectivity index (χ3v) is 7.89. The maximum absolute atomic E-state index is 12.9. The van der Waals surface area contributed by atoms with Crippen molar-refractivity contribution in [1.29, 1.82) is 0 Å². The average Bonchev–Trinajstić information content (AvgIpc) is 3.08. The topological polar surface area (TPSA) is 75.7 Å². The fourth-order valence-corrected chi connectivity index (χ4v) is 6.11. The number of thioether (sulfide) groups is 1. The van der Waals surface area contributed by atoms with Crippen LogP contribution in [0.5, 0.6) is 5.75 Å². The molecule has 1 heterocycles. The number of carbonyl (C=O) groups excluding carboxylic acids is 3. The van der Waals surface area contributed by atoms with Crippen LogP contribution in [0.25, 0.3) is 6.08 Å². The number of halogens is 4. The number of hydrogen-bond donors (Lipinski definition) is 1. The molecule has 1 aliphatic rings. The van der Waals surface area contributed by atoms with Crippen molar-refractivity contribution in [2.45, 2.75) is 13.5 Å². The lowest BCUT2D eigenvalue weighted by Crippen LogP contribution is -2.36. The number of hydrogen-bond acceptors (Lipinski definition) is 5. The fraction of sp³-hybridized carbons (Fsp3) is 0.115. The van der Waals surface area contributed by atoms with E-state index in [0.717, 1.165) is 27.8 Å². The van der Waals surface area contributed by atoms with E-state index in [0.29, 0.717) is 36.0 Å². The molecule has 1 saturated heterocycles. The molecule has 3 amide bonds. The van der Waals surface area contributed by atoms with Gasteiger partial charge in [-0.05, 0) is 98.6 Å². The molecule has 0 saturated carbocycles. The van der Waals surface area contributed by atoms with E-state index in [1.807, 2.05) is 19.1 Å². The molecule has 0 spiro atoms. The Bertz CT molecular complexity index is 1410. The van der Waals surface area contributed by atoms with E-state index < -0.39 is 17.1 Å².